The van der Waals surface area contributed by atoms with E-state index in [0.29, 0.717) is 12.3 Å². The minimum atomic E-state index is -2.94. The third kappa shape index (κ3) is 3.96. The van der Waals surface area contributed by atoms with E-state index >= 15 is 0 Å². The zero-order chi connectivity index (χ0) is 10.8. The highest BCUT2D eigenvalue weighted by Gasteiger charge is 2.32. The molecule has 0 unspecified atom stereocenters. The van der Waals surface area contributed by atoms with Gasteiger partial charge in [-0.1, -0.05) is 6.92 Å². The van der Waals surface area contributed by atoms with Gasteiger partial charge in [0.05, 0.1) is 11.4 Å². The maximum absolute atomic E-state index is 11.0. The van der Waals surface area contributed by atoms with E-state index in [4.69, 9.17) is 0 Å². The molecule has 4 heteroatoms. The second-order valence-corrected chi connectivity index (χ2v) is 7.05. The third-order valence-corrected chi connectivity index (χ3v) is 4.09. The van der Waals surface area contributed by atoms with Crippen molar-refractivity contribution in [3.05, 3.63) is 0 Å². The lowest BCUT2D eigenvalue weighted by molar-refractivity contribution is -0.00959. The Morgan fingerprint density at radius 2 is 1.86 bits per heavy atom. The first kappa shape index (κ1) is 12.0. The van der Waals surface area contributed by atoms with Crippen molar-refractivity contribution in [2.75, 3.05) is 12.0 Å². The molecule has 0 saturated heterocycles. The van der Waals surface area contributed by atoms with Gasteiger partial charge in [0.1, 0.15) is 9.84 Å². The van der Waals surface area contributed by atoms with Gasteiger partial charge in [0, 0.05) is 6.26 Å². The van der Waals surface area contributed by atoms with Crippen LogP contribution in [0.25, 0.3) is 0 Å². The summed E-state index contributed by atoms with van der Waals surface area (Å²) in [5.74, 6) is 0.784. The molecule has 1 aliphatic rings. The van der Waals surface area contributed by atoms with Crippen molar-refractivity contribution in [2.45, 2.75) is 44.6 Å². The molecule has 1 fully saturated rings. The van der Waals surface area contributed by atoms with Crippen LogP contribution in [0.3, 0.4) is 0 Å². The molecule has 0 amide bonds. The molecule has 14 heavy (non-hydrogen) atoms. The SMILES string of the molecule is CC1CCC(O)(CCS(C)(=O)=O)CC1. The van der Waals surface area contributed by atoms with Crippen LogP contribution in [0.2, 0.25) is 0 Å². The summed E-state index contributed by atoms with van der Waals surface area (Å²) in [4.78, 5) is 0. The third-order valence-electron chi connectivity index (χ3n) is 3.14. The summed E-state index contributed by atoms with van der Waals surface area (Å²) < 4.78 is 21.9. The Hall–Kier alpha value is -0.0900. The molecule has 0 aromatic rings. The van der Waals surface area contributed by atoms with Gasteiger partial charge in [-0.3, -0.25) is 0 Å². The summed E-state index contributed by atoms with van der Waals surface area (Å²) in [6.45, 7) is 2.18. The van der Waals surface area contributed by atoms with Crippen LogP contribution < -0.4 is 0 Å². The van der Waals surface area contributed by atoms with Crippen molar-refractivity contribution in [1.82, 2.24) is 0 Å². The lowest BCUT2D eigenvalue weighted by Crippen LogP contribution is -2.35. The minimum absolute atomic E-state index is 0.109. The number of hydrogen-bond acceptors (Lipinski definition) is 3. The summed E-state index contributed by atoms with van der Waals surface area (Å²) in [5.41, 5.74) is -0.713. The number of sulfone groups is 1. The Bertz CT molecular complexity index is 274. The molecular formula is C10H20O3S. The molecule has 0 atom stereocenters. The molecule has 1 aliphatic carbocycles. The summed E-state index contributed by atoms with van der Waals surface area (Å²) >= 11 is 0. The molecule has 0 aliphatic heterocycles. The van der Waals surface area contributed by atoms with E-state index in [1.165, 1.54) is 6.26 Å². The standard InChI is InChI=1S/C10H20O3S/c1-9-3-5-10(11,6-4-9)7-8-14(2,12)13/h9,11H,3-8H2,1-2H3. The van der Waals surface area contributed by atoms with Crippen molar-refractivity contribution < 1.29 is 13.5 Å². The van der Waals surface area contributed by atoms with Gasteiger partial charge in [-0.05, 0) is 38.0 Å². The Balaban J connectivity index is 2.43. The van der Waals surface area contributed by atoms with Gasteiger partial charge in [-0.2, -0.15) is 0 Å². The topological polar surface area (TPSA) is 54.4 Å². The van der Waals surface area contributed by atoms with Crippen LogP contribution in [-0.4, -0.2) is 31.1 Å². The normalized spacial score (nSPS) is 34.4. The quantitative estimate of drug-likeness (QED) is 0.781. The zero-order valence-electron chi connectivity index (χ0n) is 8.99. The van der Waals surface area contributed by atoms with Gasteiger partial charge in [0.25, 0.3) is 0 Å². The summed E-state index contributed by atoms with van der Waals surface area (Å²) in [7, 11) is -2.94. The van der Waals surface area contributed by atoms with E-state index in [2.05, 4.69) is 6.92 Å². The molecule has 84 valence electrons. The van der Waals surface area contributed by atoms with Gasteiger partial charge >= 0.3 is 0 Å². The average Bonchev–Trinajstić information content (AvgIpc) is 2.07. The van der Waals surface area contributed by atoms with Crippen molar-refractivity contribution >= 4 is 9.84 Å². The molecule has 1 rings (SSSR count). The van der Waals surface area contributed by atoms with Crippen molar-refractivity contribution in [3.63, 3.8) is 0 Å². The number of hydrogen-bond donors (Lipinski definition) is 1. The van der Waals surface area contributed by atoms with Crippen LogP contribution in [-0.2, 0) is 9.84 Å². The largest absolute Gasteiger partial charge is 0.390 e. The highest BCUT2D eigenvalue weighted by molar-refractivity contribution is 7.90. The fourth-order valence-corrected chi connectivity index (χ4v) is 2.68. The van der Waals surface area contributed by atoms with Gasteiger partial charge in [0.2, 0.25) is 0 Å². The Morgan fingerprint density at radius 1 is 1.36 bits per heavy atom. The van der Waals surface area contributed by atoms with Crippen LogP contribution in [0.1, 0.15) is 39.0 Å². The smallest absolute Gasteiger partial charge is 0.147 e. The van der Waals surface area contributed by atoms with E-state index in [-0.39, 0.29) is 5.75 Å². The Morgan fingerprint density at radius 3 is 2.29 bits per heavy atom. The molecule has 0 bridgehead atoms. The first-order valence-corrected chi connectivity index (χ1v) is 7.27. The first-order chi connectivity index (χ1) is 6.31. The lowest BCUT2D eigenvalue weighted by atomic mass is 9.78. The highest BCUT2D eigenvalue weighted by Crippen LogP contribution is 2.34. The van der Waals surface area contributed by atoms with Crippen molar-refractivity contribution in [3.8, 4) is 0 Å². The lowest BCUT2D eigenvalue weighted by Gasteiger charge is -2.34. The fourth-order valence-electron chi connectivity index (χ4n) is 1.92. The molecule has 0 spiro atoms. The molecular weight excluding hydrogens is 200 g/mol. The molecule has 0 radical (unpaired) electrons. The van der Waals surface area contributed by atoms with E-state index < -0.39 is 15.4 Å². The van der Waals surface area contributed by atoms with Crippen molar-refractivity contribution in [2.24, 2.45) is 5.92 Å². The van der Waals surface area contributed by atoms with Crippen LogP contribution in [0, 0.1) is 5.92 Å². The fraction of sp³-hybridized carbons (Fsp3) is 1.00. The second kappa shape index (κ2) is 4.19. The van der Waals surface area contributed by atoms with Gasteiger partial charge in [-0.15, -0.1) is 0 Å². The predicted molar refractivity (Wildman–Crippen MR) is 56.9 cm³/mol. The Labute approximate surface area is 86.4 Å². The van der Waals surface area contributed by atoms with Gasteiger partial charge in [0.15, 0.2) is 0 Å². The predicted octanol–water partition coefficient (Wildman–Crippen LogP) is 1.36. The van der Waals surface area contributed by atoms with Crippen LogP contribution in [0.4, 0.5) is 0 Å². The summed E-state index contributed by atoms with van der Waals surface area (Å²) in [6, 6.07) is 0. The van der Waals surface area contributed by atoms with E-state index in [0.717, 1.165) is 25.7 Å². The van der Waals surface area contributed by atoms with Crippen molar-refractivity contribution in [1.29, 1.82) is 0 Å². The van der Waals surface area contributed by atoms with E-state index in [1.807, 2.05) is 0 Å². The zero-order valence-corrected chi connectivity index (χ0v) is 9.81. The van der Waals surface area contributed by atoms with Gasteiger partial charge < -0.3 is 5.11 Å². The molecule has 0 heterocycles. The van der Waals surface area contributed by atoms with Gasteiger partial charge in [-0.25, -0.2) is 8.42 Å². The summed E-state index contributed by atoms with van der Waals surface area (Å²) in [6.07, 6.45) is 5.16. The second-order valence-electron chi connectivity index (χ2n) is 4.79. The maximum atomic E-state index is 11.0. The summed E-state index contributed by atoms with van der Waals surface area (Å²) in [5, 5.41) is 10.1. The molecule has 0 aromatic heterocycles. The number of rotatable bonds is 3. The van der Waals surface area contributed by atoms with Crippen LogP contribution >= 0.6 is 0 Å². The monoisotopic (exact) mass is 220 g/mol. The molecule has 1 saturated carbocycles. The van der Waals surface area contributed by atoms with Crippen LogP contribution in [0.15, 0.2) is 0 Å². The first-order valence-electron chi connectivity index (χ1n) is 5.21. The van der Waals surface area contributed by atoms with E-state index in [1.54, 1.807) is 0 Å². The Kier molecular flexibility index (Phi) is 3.58. The maximum Gasteiger partial charge on any atom is 0.147 e. The average molecular weight is 220 g/mol. The minimum Gasteiger partial charge on any atom is -0.390 e. The van der Waals surface area contributed by atoms with E-state index in [9.17, 15) is 13.5 Å². The molecule has 1 N–H and O–H groups in total. The number of aliphatic hydroxyl groups is 1. The highest BCUT2D eigenvalue weighted by atomic mass is 32.2. The van der Waals surface area contributed by atoms with Crippen LogP contribution in [0.5, 0.6) is 0 Å². The molecule has 3 nitrogen and oxygen atoms in total. The molecule has 0 aromatic carbocycles.